The zero-order chi connectivity index (χ0) is 16.9. The lowest BCUT2D eigenvalue weighted by Gasteiger charge is -2.09. The van der Waals surface area contributed by atoms with Crippen molar-refractivity contribution >= 4 is 5.91 Å². The Morgan fingerprint density at radius 2 is 1.92 bits per heavy atom. The Morgan fingerprint density at radius 1 is 1.12 bits per heavy atom. The molecular formula is C18H14FN3O2. The minimum atomic E-state index is -0.512. The van der Waals surface area contributed by atoms with Crippen molar-refractivity contribution in [2.24, 2.45) is 0 Å². The van der Waals surface area contributed by atoms with E-state index < -0.39 is 11.5 Å². The third-order valence-corrected chi connectivity index (χ3v) is 3.50. The van der Waals surface area contributed by atoms with Gasteiger partial charge in [0.1, 0.15) is 11.4 Å². The minimum Gasteiger partial charge on any atom is -0.348 e. The fourth-order valence-electron chi connectivity index (χ4n) is 2.31. The Morgan fingerprint density at radius 3 is 2.62 bits per heavy atom. The van der Waals surface area contributed by atoms with E-state index in [1.54, 1.807) is 42.6 Å². The van der Waals surface area contributed by atoms with Gasteiger partial charge in [-0.05, 0) is 35.9 Å². The highest BCUT2D eigenvalue weighted by atomic mass is 19.1. The SMILES string of the molecule is O=C(NCc1ccc(F)cc1)c1c(-c2ccccn2)cc[nH]c1=O. The second-order valence-electron chi connectivity index (χ2n) is 5.12. The molecule has 0 spiro atoms. The number of amides is 1. The number of hydrogen-bond acceptors (Lipinski definition) is 3. The van der Waals surface area contributed by atoms with Gasteiger partial charge >= 0.3 is 0 Å². The van der Waals surface area contributed by atoms with Crippen LogP contribution in [0.5, 0.6) is 0 Å². The van der Waals surface area contributed by atoms with E-state index in [4.69, 9.17) is 0 Å². The van der Waals surface area contributed by atoms with Crippen molar-refractivity contribution in [3.05, 3.63) is 88.2 Å². The maximum absolute atomic E-state index is 12.9. The van der Waals surface area contributed by atoms with Gasteiger partial charge in [0.15, 0.2) is 0 Å². The zero-order valence-corrected chi connectivity index (χ0v) is 12.6. The topological polar surface area (TPSA) is 74.8 Å². The molecule has 3 aromatic rings. The molecule has 0 saturated heterocycles. The van der Waals surface area contributed by atoms with E-state index in [2.05, 4.69) is 15.3 Å². The molecule has 3 rings (SSSR count). The molecule has 5 nitrogen and oxygen atoms in total. The average molecular weight is 323 g/mol. The Bertz CT molecular complexity index is 906. The second kappa shape index (κ2) is 6.87. The number of carbonyl (C=O) groups is 1. The van der Waals surface area contributed by atoms with Gasteiger partial charge in [-0.25, -0.2) is 4.39 Å². The predicted octanol–water partition coefficient (Wildman–Crippen LogP) is 2.51. The van der Waals surface area contributed by atoms with Crippen molar-refractivity contribution in [2.45, 2.75) is 6.54 Å². The quantitative estimate of drug-likeness (QED) is 0.775. The van der Waals surface area contributed by atoms with Crippen LogP contribution in [0.25, 0.3) is 11.3 Å². The zero-order valence-electron chi connectivity index (χ0n) is 12.6. The molecule has 0 unspecified atom stereocenters. The molecule has 2 aromatic heterocycles. The highest BCUT2D eigenvalue weighted by molar-refractivity contribution is 5.99. The van der Waals surface area contributed by atoms with E-state index in [1.165, 1.54) is 18.3 Å². The maximum Gasteiger partial charge on any atom is 0.261 e. The third kappa shape index (κ3) is 3.38. The summed E-state index contributed by atoms with van der Waals surface area (Å²) in [7, 11) is 0. The molecule has 0 aliphatic heterocycles. The molecule has 0 saturated carbocycles. The number of nitrogens with one attached hydrogen (secondary N) is 2. The normalized spacial score (nSPS) is 10.4. The standard InChI is InChI=1S/C18H14FN3O2/c19-13-6-4-12(5-7-13)11-22-18(24)16-14(8-10-21-17(16)23)15-3-1-2-9-20-15/h1-10H,11H2,(H,21,23)(H,22,24). The van der Waals surface area contributed by atoms with Gasteiger partial charge < -0.3 is 10.3 Å². The molecule has 0 atom stereocenters. The lowest BCUT2D eigenvalue weighted by molar-refractivity contribution is 0.0950. The number of nitrogens with zero attached hydrogens (tertiary/aromatic N) is 1. The number of rotatable bonds is 4. The van der Waals surface area contributed by atoms with E-state index in [0.29, 0.717) is 11.3 Å². The van der Waals surface area contributed by atoms with E-state index in [0.717, 1.165) is 5.56 Å². The number of benzene rings is 1. The molecular weight excluding hydrogens is 309 g/mol. The first-order chi connectivity index (χ1) is 11.6. The molecule has 6 heteroatoms. The summed E-state index contributed by atoms with van der Waals surface area (Å²) in [6.45, 7) is 0.190. The summed E-state index contributed by atoms with van der Waals surface area (Å²) in [5.41, 5.74) is 1.23. The number of aromatic nitrogens is 2. The van der Waals surface area contributed by atoms with Crippen molar-refractivity contribution in [2.75, 3.05) is 0 Å². The summed E-state index contributed by atoms with van der Waals surface area (Å²) in [4.78, 5) is 31.3. The molecule has 24 heavy (non-hydrogen) atoms. The van der Waals surface area contributed by atoms with E-state index in [9.17, 15) is 14.0 Å². The van der Waals surface area contributed by atoms with Crippen LogP contribution in [-0.4, -0.2) is 15.9 Å². The monoisotopic (exact) mass is 323 g/mol. The molecule has 1 aromatic carbocycles. The Hall–Kier alpha value is -3.28. The summed E-state index contributed by atoms with van der Waals surface area (Å²) in [6.07, 6.45) is 3.07. The smallest absolute Gasteiger partial charge is 0.261 e. The van der Waals surface area contributed by atoms with Crippen LogP contribution in [0.4, 0.5) is 4.39 Å². The van der Waals surface area contributed by atoms with Gasteiger partial charge in [-0.1, -0.05) is 18.2 Å². The van der Waals surface area contributed by atoms with Crippen LogP contribution in [0.2, 0.25) is 0 Å². The summed E-state index contributed by atoms with van der Waals surface area (Å²) >= 11 is 0. The molecule has 0 fully saturated rings. The Kier molecular flexibility index (Phi) is 4.47. The Balaban J connectivity index is 1.87. The number of hydrogen-bond donors (Lipinski definition) is 2. The predicted molar refractivity (Wildman–Crippen MR) is 87.9 cm³/mol. The van der Waals surface area contributed by atoms with Gasteiger partial charge in [0.2, 0.25) is 0 Å². The van der Waals surface area contributed by atoms with Gasteiger partial charge in [-0.3, -0.25) is 14.6 Å². The molecule has 0 radical (unpaired) electrons. The summed E-state index contributed by atoms with van der Waals surface area (Å²) in [5.74, 6) is -0.858. The maximum atomic E-state index is 12.9. The van der Waals surface area contributed by atoms with Crippen LogP contribution in [0, 0.1) is 5.82 Å². The van der Waals surface area contributed by atoms with Crippen molar-refractivity contribution < 1.29 is 9.18 Å². The van der Waals surface area contributed by atoms with E-state index >= 15 is 0 Å². The lowest BCUT2D eigenvalue weighted by atomic mass is 10.1. The van der Waals surface area contributed by atoms with Crippen LogP contribution in [0.1, 0.15) is 15.9 Å². The van der Waals surface area contributed by atoms with Crippen molar-refractivity contribution in [3.63, 3.8) is 0 Å². The van der Waals surface area contributed by atoms with Gasteiger partial charge in [0.25, 0.3) is 11.5 Å². The number of aromatic amines is 1. The van der Waals surface area contributed by atoms with Crippen LogP contribution in [-0.2, 0) is 6.54 Å². The van der Waals surface area contributed by atoms with Crippen molar-refractivity contribution in [1.82, 2.24) is 15.3 Å². The summed E-state index contributed by atoms with van der Waals surface area (Å²) in [6, 6.07) is 12.7. The van der Waals surface area contributed by atoms with Gasteiger partial charge in [-0.2, -0.15) is 0 Å². The van der Waals surface area contributed by atoms with E-state index in [-0.39, 0.29) is 17.9 Å². The minimum absolute atomic E-state index is 0.00156. The van der Waals surface area contributed by atoms with Crippen LogP contribution >= 0.6 is 0 Å². The molecule has 0 aliphatic carbocycles. The fourth-order valence-corrected chi connectivity index (χ4v) is 2.31. The number of pyridine rings is 2. The van der Waals surface area contributed by atoms with Gasteiger partial charge in [0.05, 0.1) is 5.69 Å². The van der Waals surface area contributed by atoms with Crippen LogP contribution in [0.3, 0.4) is 0 Å². The first kappa shape index (κ1) is 15.6. The summed E-state index contributed by atoms with van der Waals surface area (Å²) in [5, 5.41) is 2.68. The number of halogens is 1. The van der Waals surface area contributed by atoms with Crippen molar-refractivity contribution in [3.8, 4) is 11.3 Å². The van der Waals surface area contributed by atoms with E-state index in [1.807, 2.05) is 0 Å². The van der Waals surface area contributed by atoms with Crippen LogP contribution < -0.4 is 10.9 Å². The largest absolute Gasteiger partial charge is 0.348 e. The Labute approximate surface area is 137 Å². The highest BCUT2D eigenvalue weighted by Crippen LogP contribution is 2.18. The number of carbonyl (C=O) groups excluding carboxylic acids is 1. The first-order valence-corrected chi connectivity index (χ1v) is 7.31. The van der Waals surface area contributed by atoms with Gasteiger partial charge in [-0.15, -0.1) is 0 Å². The number of H-pyrrole nitrogens is 1. The molecule has 2 heterocycles. The fraction of sp³-hybridized carbons (Fsp3) is 0.0556. The lowest BCUT2D eigenvalue weighted by Crippen LogP contribution is -2.30. The third-order valence-electron chi connectivity index (χ3n) is 3.50. The molecule has 0 aliphatic rings. The molecule has 0 bridgehead atoms. The summed E-state index contributed by atoms with van der Waals surface area (Å²) < 4.78 is 12.9. The highest BCUT2D eigenvalue weighted by Gasteiger charge is 2.17. The molecule has 120 valence electrons. The van der Waals surface area contributed by atoms with Gasteiger partial charge in [0, 0.05) is 24.5 Å². The molecule has 2 N–H and O–H groups in total. The van der Waals surface area contributed by atoms with Crippen LogP contribution in [0.15, 0.2) is 65.7 Å². The second-order valence-corrected chi connectivity index (χ2v) is 5.12. The average Bonchev–Trinajstić information content (AvgIpc) is 2.61. The first-order valence-electron chi connectivity index (χ1n) is 7.31. The van der Waals surface area contributed by atoms with Crippen molar-refractivity contribution in [1.29, 1.82) is 0 Å². The molecule has 1 amide bonds.